The van der Waals surface area contributed by atoms with Crippen LogP contribution in [0.1, 0.15) is 11.4 Å². The van der Waals surface area contributed by atoms with Crippen LogP contribution in [0.4, 0.5) is 0 Å². The molecular weight excluding hydrogens is 617 g/mol. The molecule has 0 aliphatic rings. The first-order valence-electron chi connectivity index (χ1n) is 16.6. The normalized spacial score (nSPS) is 11.6. The molecule has 5 aromatic carbocycles. The van der Waals surface area contributed by atoms with Gasteiger partial charge in [0, 0.05) is 46.5 Å². The number of aromatic hydroxyl groups is 1. The topological polar surface area (TPSA) is 77.0 Å². The lowest BCUT2D eigenvalue weighted by molar-refractivity contribution is 0.476. The molecule has 240 valence electrons. The van der Waals surface area contributed by atoms with E-state index in [4.69, 9.17) is 14.4 Å². The Kier molecular flexibility index (Phi) is 6.85. The number of imidazole rings is 1. The van der Waals surface area contributed by atoms with Crippen molar-refractivity contribution in [2.24, 2.45) is 7.05 Å². The molecule has 0 radical (unpaired) electrons. The summed E-state index contributed by atoms with van der Waals surface area (Å²) in [5.74, 6) is 0.743. The van der Waals surface area contributed by atoms with E-state index in [1.165, 1.54) is 0 Å². The van der Waals surface area contributed by atoms with Crippen molar-refractivity contribution in [3.05, 3.63) is 145 Å². The van der Waals surface area contributed by atoms with Gasteiger partial charge < -0.3 is 14.1 Å². The van der Waals surface area contributed by atoms with Crippen molar-refractivity contribution >= 4 is 33.0 Å². The zero-order valence-corrected chi connectivity index (χ0v) is 27.8. The number of phenolic OH excluding ortho intramolecular Hbond substituents is 1. The first kappa shape index (κ1) is 29.6. The van der Waals surface area contributed by atoms with Crippen LogP contribution in [-0.2, 0) is 7.05 Å². The molecule has 0 amide bonds. The molecular formula is C44H32N4O2. The number of pyridine rings is 2. The van der Waals surface area contributed by atoms with Crippen LogP contribution in [0.3, 0.4) is 0 Å². The molecule has 6 nitrogen and oxygen atoms in total. The van der Waals surface area contributed by atoms with Crippen LogP contribution >= 0.6 is 0 Å². The maximum atomic E-state index is 11.4. The lowest BCUT2D eigenvalue weighted by Gasteiger charge is -2.08. The molecule has 0 saturated carbocycles. The maximum Gasteiger partial charge on any atom is 0.150 e. The van der Waals surface area contributed by atoms with Crippen molar-refractivity contribution in [3.8, 4) is 61.8 Å². The zero-order valence-electron chi connectivity index (χ0n) is 27.8. The van der Waals surface area contributed by atoms with Gasteiger partial charge in [-0.3, -0.25) is 9.97 Å². The molecule has 0 spiro atoms. The second-order valence-corrected chi connectivity index (χ2v) is 12.8. The quantitative estimate of drug-likeness (QED) is 0.201. The second kappa shape index (κ2) is 11.6. The Morgan fingerprint density at radius 3 is 2.18 bits per heavy atom. The van der Waals surface area contributed by atoms with Crippen LogP contribution in [-0.4, -0.2) is 24.6 Å². The summed E-state index contributed by atoms with van der Waals surface area (Å²) in [7, 11) is 1.98. The van der Waals surface area contributed by atoms with E-state index >= 15 is 0 Å². The predicted octanol–water partition coefficient (Wildman–Crippen LogP) is 10.9. The Morgan fingerprint density at radius 1 is 0.600 bits per heavy atom. The van der Waals surface area contributed by atoms with Gasteiger partial charge in [0.15, 0.2) is 0 Å². The smallest absolute Gasteiger partial charge is 0.150 e. The van der Waals surface area contributed by atoms with E-state index in [0.717, 1.165) is 83.4 Å². The number of hydrogen-bond donors (Lipinski definition) is 1. The van der Waals surface area contributed by atoms with Crippen molar-refractivity contribution in [1.29, 1.82) is 0 Å². The minimum atomic E-state index is 0.114. The monoisotopic (exact) mass is 648 g/mol. The minimum absolute atomic E-state index is 0.114. The minimum Gasteiger partial charge on any atom is -0.507 e. The molecule has 0 aliphatic heterocycles. The van der Waals surface area contributed by atoms with Gasteiger partial charge in [0.2, 0.25) is 0 Å². The summed E-state index contributed by atoms with van der Waals surface area (Å²) in [5, 5.41) is 13.3. The third-order valence-electron chi connectivity index (χ3n) is 9.51. The number of fused-ring (bicyclic) bond motifs is 4. The number of benzene rings is 5. The number of aromatic nitrogens is 4. The molecule has 0 fully saturated rings. The van der Waals surface area contributed by atoms with Crippen LogP contribution in [0.15, 0.2) is 138 Å². The summed E-state index contributed by atoms with van der Waals surface area (Å²) < 4.78 is 8.61. The van der Waals surface area contributed by atoms with Gasteiger partial charge in [0.1, 0.15) is 28.3 Å². The number of phenols is 1. The number of hydrogen-bond acceptors (Lipinski definition) is 5. The summed E-state index contributed by atoms with van der Waals surface area (Å²) in [6.07, 6.45) is 1.86. The van der Waals surface area contributed by atoms with E-state index in [2.05, 4.69) is 96.0 Å². The van der Waals surface area contributed by atoms with Crippen molar-refractivity contribution in [2.75, 3.05) is 0 Å². The average molecular weight is 649 g/mol. The van der Waals surface area contributed by atoms with E-state index in [1.807, 2.05) is 62.0 Å². The molecule has 0 unspecified atom stereocenters. The van der Waals surface area contributed by atoms with E-state index in [0.29, 0.717) is 17.0 Å². The lowest BCUT2D eigenvalue weighted by atomic mass is 9.99. The summed E-state index contributed by atoms with van der Waals surface area (Å²) in [5.41, 5.74) is 14.0. The fraction of sp³-hybridized carbons (Fsp3) is 0.0682. The molecule has 9 aromatic rings. The lowest BCUT2D eigenvalue weighted by Crippen LogP contribution is -1.93. The summed E-state index contributed by atoms with van der Waals surface area (Å²) >= 11 is 0. The van der Waals surface area contributed by atoms with Crippen LogP contribution in [0.25, 0.3) is 89.0 Å². The molecule has 1 N–H and O–H groups in total. The van der Waals surface area contributed by atoms with Crippen molar-refractivity contribution in [3.63, 3.8) is 0 Å². The predicted molar refractivity (Wildman–Crippen MR) is 202 cm³/mol. The van der Waals surface area contributed by atoms with Gasteiger partial charge in [-0.25, -0.2) is 4.98 Å². The fourth-order valence-corrected chi connectivity index (χ4v) is 7.14. The number of aryl methyl sites for hydroxylation is 3. The Labute approximate surface area is 289 Å². The van der Waals surface area contributed by atoms with Crippen molar-refractivity contribution < 1.29 is 9.52 Å². The van der Waals surface area contributed by atoms with E-state index < -0.39 is 0 Å². The number of para-hydroxylation sites is 1. The average Bonchev–Trinajstić information content (AvgIpc) is 3.68. The van der Waals surface area contributed by atoms with E-state index in [9.17, 15) is 5.11 Å². The summed E-state index contributed by atoms with van der Waals surface area (Å²) in [4.78, 5) is 14.4. The van der Waals surface area contributed by atoms with Gasteiger partial charge in [0.25, 0.3) is 0 Å². The van der Waals surface area contributed by atoms with E-state index in [-0.39, 0.29) is 5.75 Å². The number of furan rings is 1. The van der Waals surface area contributed by atoms with Gasteiger partial charge >= 0.3 is 0 Å². The SMILES string of the molecule is Cc1cc(-c2ccc3c(c2)oc2c(-c4nc5c(-c6cccc(-c7cc(-c8ccccc8)ccn7)c6)cccc5n4C)c(O)ccc23)cc(C)n1. The molecule has 0 saturated heterocycles. The Morgan fingerprint density at radius 2 is 1.34 bits per heavy atom. The highest BCUT2D eigenvalue weighted by atomic mass is 16.3. The van der Waals surface area contributed by atoms with Crippen molar-refractivity contribution in [1.82, 2.24) is 19.5 Å². The fourth-order valence-electron chi connectivity index (χ4n) is 7.14. The molecule has 4 heterocycles. The highest BCUT2D eigenvalue weighted by Gasteiger charge is 2.22. The zero-order chi connectivity index (χ0) is 33.9. The van der Waals surface area contributed by atoms with Crippen molar-refractivity contribution in [2.45, 2.75) is 13.8 Å². The van der Waals surface area contributed by atoms with Gasteiger partial charge in [0.05, 0.1) is 16.7 Å². The molecule has 4 aromatic heterocycles. The summed E-state index contributed by atoms with van der Waals surface area (Å²) in [6, 6.07) is 43.2. The molecule has 6 heteroatoms. The number of nitrogens with zero attached hydrogens (tertiary/aromatic N) is 4. The molecule has 0 aliphatic carbocycles. The van der Waals surface area contributed by atoms with Crippen LogP contribution in [0, 0.1) is 13.8 Å². The highest BCUT2D eigenvalue weighted by Crippen LogP contribution is 2.43. The maximum absolute atomic E-state index is 11.4. The first-order chi connectivity index (χ1) is 24.4. The highest BCUT2D eigenvalue weighted by molar-refractivity contribution is 6.11. The number of rotatable bonds is 5. The second-order valence-electron chi connectivity index (χ2n) is 12.8. The van der Waals surface area contributed by atoms with Crippen LogP contribution in [0.5, 0.6) is 5.75 Å². The molecule has 50 heavy (non-hydrogen) atoms. The van der Waals surface area contributed by atoms with Gasteiger partial charge in [-0.05, 0) is 102 Å². The largest absolute Gasteiger partial charge is 0.507 e. The third kappa shape index (κ3) is 4.92. The van der Waals surface area contributed by atoms with Gasteiger partial charge in [-0.2, -0.15) is 0 Å². The molecule has 0 atom stereocenters. The van der Waals surface area contributed by atoms with Gasteiger partial charge in [-0.15, -0.1) is 0 Å². The molecule has 0 bridgehead atoms. The standard InChI is InChI=1S/C44H32N4O2/c1-26-21-33(22-27(2)46-26)29-15-16-35-36-17-18-39(49)41(43(36)50-40(35)25-29)44-47-42-34(13-8-14-38(42)48(44)3)31-11-7-12-32(23-31)37-24-30(19-20-45-37)28-9-5-4-6-10-28/h4-25,49H,1-3H3. The van der Waals surface area contributed by atoms with Gasteiger partial charge in [-0.1, -0.05) is 66.7 Å². The Bertz CT molecular complexity index is 2740. The van der Waals surface area contributed by atoms with Crippen LogP contribution in [0.2, 0.25) is 0 Å². The first-order valence-corrected chi connectivity index (χ1v) is 16.6. The Hall–Kier alpha value is -6.53. The Balaban J connectivity index is 1.16. The van der Waals surface area contributed by atoms with Crippen LogP contribution < -0.4 is 0 Å². The van der Waals surface area contributed by atoms with E-state index in [1.54, 1.807) is 6.07 Å². The summed E-state index contributed by atoms with van der Waals surface area (Å²) in [6.45, 7) is 4.01. The molecule has 9 rings (SSSR count). The third-order valence-corrected chi connectivity index (χ3v) is 9.51.